The second-order valence-corrected chi connectivity index (χ2v) is 9.06. The van der Waals surface area contributed by atoms with Crippen molar-refractivity contribution in [2.75, 3.05) is 19.3 Å². The van der Waals surface area contributed by atoms with Gasteiger partial charge in [0.15, 0.2) is 0 Å². The third-order valence-electron chi connectivity index (χ3n) is 5.06. The molecule has 1 aromatic carbocycles. The van der Waals surface area contributed by atoms with Crippen LogP contribution in [-0.4, -0.2) is 44.6 Å². The molecule has 3 rings (SSSR count). The number of sulfonamides is 1. The lowest BCUT2D eigenvalue weighted by Gasteiger charge is -2.17. The summed E-state index contributed by atoms with van der Waals surface area (Å²) in [6.07, 6.45) is 4.70. The molecule has 0 radical (unpaired) electrons. The molecular formula is C18H26N2O3S. The molecule has 2 aliphatic rings. The quantitative estimate of drug-likeness (QED) is 0.849. The normalized spacial score (nSPS) is 24.3. The second kappa shape index (κ2) is 6.84. The lowest BCUT2D eigenvalue weighted by atomic mass is 9.99. The van der Waals surface area contributed by atoms with E-state index in [1.165, 1.54) is 11.8 Å². The van der Waals surface area contributed by atoms with Crippen molar-refractivity contribution in [2.24, 2.45) is 11.8 Å². The van der Waals surface area contributed by atoms with Crippen molar-refractivity contribution in [1.82, 2.24) is 9.62 Å². The van der Waals surface area contributed by atoms with E-state index in [1.54, 1.807) is 0 Å². The summed E-state index contributed by atoms with van der Waals surface area (Å²) in [5.74, 6) is 0.959. The standard InChI is InChI=1S/C18H26N2O3S/c1-13-3-5-14(6-4-13)7-10-18(21)20-11-16(15-8-9-15)17(12-20)19-24(2,22)23/h3-6,15-17,19H,7-12H2,1-2H3/t16-,17+/m1/s1. The van der Waals surface area contributed by atoms with Crippen LogP contribution in [0.15, 0.2) is 24.3 Å². The third kappa shape index (κ3) is 4.57. The molecule has 1 aromatic rings. The van der Waals surface area contributed by atoms with Gasteiger partial charge < -0.3 is 4.90 Å². The number of hydrogen-bond donors (Lipinski definition) is 1. The Bertz CT molecular complexity index is 695. The monoisotopic (exact) mass is 350 g/mol. The largest absolute Gasteiger partial charge is 0.341 e. The number of carbonyl (C=O) groups excluding carboxylic acids is 1. The fourth-order valence-corrected chi connectivity index (χ4v) is 4.40. The molecule has 0 aromatic heterocycles. The van der Waals surface area contributed by atoms with Gasteiger partial charge in [-0.25, -0.2) is 13.1 Å². The fourth-order valence-electron chi connectivity index (χ4n) is 3.60. The first kappa shape index (κ1) is 17.4. The highest BCUT2D eigenvalue weighted by Crippen LogP contribution is 2.41. The van der Waals surface area contributed by atoms with Crippen LogP contribution in [0.5, 0.6) is 0 Å². The Morgan fingerprint density at radius 3 is 2.46 bits per heavy atom. The van der Waals surface area contributed by atoms with Crippen LogP contribution < -0.4 is 4.72 Å². The van der Waals surface area contributed by atoms with E-state index >= 15 is 0 Å². The van der Waals surface area contributed by atoms with E-state index in [9.17, 15) is 13.2 Å². The summed E-state index contributed by atoms with van der Waals surface area (Å²) < 4.78 is 25.9. The van der Waals surface area contributed by atoms with Gasteiger partial charge in [0.05, 0.1) is 6.26 Å². The van der Waals surface area contributed by atoms with Crippen molar-refractivity contribution >= 4 is 15.9 Å². The van der Waals surface area contributed by atoms with Crippen LogP contribution in [-0.2, 0) is 21.2 Å². The molecule has 1 saturated heterocycles. The number of nitrogens with zero attached hydrogens (tertiary/aromatic N) is 1. The molecule has 1 saturated carbocycles. The second-order valence-electron chi connectivity index (χ2n) is 7.28. The van der Waals surface area contributed by atoms with Crippen molar-refractivity contribution < 1.29 is 13.2 Å². The molecule has 0 spiro atoms. The first-order valence-electron chi connectivity index (χ1n) is 8.62. The first-order chi connectivity index (χ1) is 11.3. The maximum Gasteiger partial charge on any atom is 0.222 e. The molecule has 6 heteroatoms. The zero-order valence-electron chi connectivity index (χ0n) is 14.4. The van der Waals surface area contributed by atoms with Crippen LogP contribution >= 0.6 is 0 Å². The molecular weight excluding hydrogens is 324 g/mol. The van der Waals surface area contributed by atoms with Crippen LogP contribution in [0.1, 0.15) is 30.4 Å². The maximum absolute atomic E-state index is 12.5. The lowest BCUT2D eigenvalue weighted by molar-refractivity contribution is -0.130. The molecule has 0 unspecified atom stereocenters. The van der Waals surface area contributed by atoms with Crippen molar-refractivity contribution in [1.29, 1.82) is 0 Å². The Labute approximate surface area is 144 Å². The Kier molecular flexibility index (Phi) is 4.97. The number of hydrogen-bond acceptors (Lipinski definition) is 3. The molecule has 132 valence electrons. The van der Waals surface area contributed by atoms with E-state index in [0.29, 0.717) is 25.4 Å². The van der Waals surface area contributed by atoms with E-state index in [1.807, 2.05) is 11.8 Å². The zero-order chi connectivity index (χ0) is 17.3. The van der Waals surface area contributed by atoms with Crippen LogP contribution in [0.25, 0.3) is 0 Å². The lowest BCUT2D eigenvalue weighted by Crippen LogP contribution is -2.41. The van der Waals surface area contributed by atoms with E-state index in [2.05, 4.69) is 29.0 Å². The zero-order valence-corrected chi connectivity index (χ0v) is 15.2. The number of likely N-dealkylation sites (tertiary alicyclic amines) is 1. The Morgan fingerprint density at radius 1 is 1.21 bits per heavy atom. The van der Waals surface area contributed by atoms with Crippen molar-refractivity contribution in [3.8, 4) is 0 Å². The smallest absolute Gasteiger partial charge is 0.222 e. The van der Waals surface area contributed by atoms with Gasteiger partial charge in [-0.15, -0.1) is 0 Å². The molecule has 1 N–H and O–H groups in total. The molecule has 2 atom stereocenters. The number of rotatable bonds is 6. The van der Waals surface area contributed by atoms with Gasteiger partial charge in [0.1, 0.15) is 0 Å². The van der Waals surface area contributed by atoms with Crippen molar-refractivity contribution in [3.05, 3.63) is 35.4 Å². The number of carbonyl (C=O) groups is 1. The highest BCUT2D eigenvalue weighted by Gasteiger charge is 2.44. The molecule has 1 amide bonds. The minimum Gasteiger partial charge on any atom is -0.341 e. The Balaban J connectivity index is 1.57. The van der Waals surface area contributed by atoms with E-state index in [-0.39, 0.29) is 17.9 Å². The minimum atomic E-state index is -3.24. The Hall–Kier alpha value is -1.40. The first-order valence-corrected chi connectivity index (χ1v) is 10.5. The average Bonchev–Trinajstić information content (AvgIpc) is 3.26. The van der Waals surface area contributed by atoms with Gasteiger partial charge in [0.2, 0.25) is 15.9 Å². The highest BCUT2D eigenvalue weighted by atomic mass is 32.2. The van der Waals surface area contributed by atoms with Crippen LogP contribution in [0.3, 0.4) is 0 Å². The third-order valence-corrected chi connectivity index (χ3v) is 5.79. The average molecular weight is 350 g/mol. The SMILES string of the molecule is Cc1ccc(CCC(=O)N2C[C@H](NS(C)(=O)=O)[C@@H](C3CC3)C2)cc1. The number of aryl methyl sites for hydroxylation is 2. The molecule has 2 fully saturated rings. The molecule has 1 aliphatic heterocycles. The number of nitrogens with one attached hydrogen (secondary N) is 1. The predicted molar refractivity (Wildman–Crippen MR) is 94.1 cm³/mol. The topological polar surface area (TPSA) is 66.5 Å². The van der Waals surface area contributed by atoms with Gasteiger partial charge in [0, 0.05) is 25.6 Å². The molecule has 1 aliphatic carbocycles. The van der Waals surface area contributed by atoms with Crippen molar-refractivity contribution in [3.63, 3.8) is 0 Å². The number of benzene rings is 1. The summed E-state index contributed by atoms with van der Waals surface area (Å²) in [5, 5.41) is 0. The maximum atomic E-state index is 12.5. The van der Waals surface area contributed by atoms with Gasteiger partial charge in [-0.3, -0.25) is 4.79 Å². The molecule has 0 bridgehead atoms. The summed E-state index contributed by atoms with van der Waals surface area (Å²) >= 11 is 0. The summed E-state index contributed by atoms with van der Waals surface area (Å²) in [6.45, 7) is 3.23. The van der Waals surface area contributed by atoms with Gasteiger partial charge in [-0.2, -0.15) is 0 Å². The van der Waals surface area contributed by atoms with Crippen LogP contribution in [0.4, 0.5) is 0 Å². The summed E-state index contributed by atoms with van der Waals surface area (Å²) in [7, 11) is -3.24. The van der Waals surface area contributed by atoms with Gasteiger partial charge in [0.25, 0.3) is 0 Å². The molecule has 5 nitrogen and oxygen atoms in total. The Morgan fingerprint density at radius 2 is 1.88 bits per heavy atom. The van der Waals surface area contributed by atoms with E-state index in [4.69, 9.17) is 0 Å². The van der Waals surface area contributed by atoms with Gasteiger partial charge >= 0.3 is 0 Å². The van der Waals surface area contributed by atoms with E-state index < -0.39 is 10.0 Å². The van der Waals surface area contributed by atoms with Crippen LogP contribution in [0.2, 0.25) is 0 Å². The highest BCUT2D eigenvalue weighted by molar-refractivity contribution is 7.88. The van der Waals surface area contributed by atoms with Crippen LogP contribution in [0, 0.1) is 18.8 Å². The predicted octanol–water partition coefficient (Wildman–Crippen LogP) is 1.71. The number of amides is 1. The summed E-state index contributed by atoms with van der Waals surface area (Å²) in [5.41, 5.74) is 2.38. The van der Waals surface area contributed by atoms with Crippen molar-refractivity contribution in [2.45, 2.75) is 38.6 Å². The fraction of sp³-hybridized carbons (Fsp3) is 0.611. The summed E-state index contributed by atoms with van der Waals surface area (Å²) in [6, 6.07) is 8.12. The van der Waals surface area contributed by atoms with Gasteiger partial charge in [-0.05, 0) is 43.6 Å². The molecule has 24 heavy (non-hydrogen) atoms. The van der Waals surface area contributed by atoms with E-state index in [0.717, 1.165) is 24.8 Å². The summed E-state index contributed by atoms with van der Waals surface area (Å²) in [4.78, 5) is 14.4. The minimum absolute atomic E-state index is 0.124. The van der Waals surface area contributed by atoms with Gasteiger partial charge in [-0.1, -0.05) is 29.8 Å². The molecule has 1 heterocycles.